The molecular formula is C11H13ClO3S. The summed E-state index contributed by atoms with van der Waals surface area (Å²) in [5.74, 6) is -0.373. The first-order valence-corrected chi connectivity index (χ1v) is 7.18. The Balaban J connectivity index is 3.06. The van der Waals surface area contributed by atoms with Crippen molar-refractivity contribution in [2.75, 3.05) is 6.26 Å². The van der Waals surface area contributed by atoms with E-state index in [0.717, 1.165) is 6.26 Å². The number of hydrogen-bond donors (Lipinski definition) is 0. The highest BCUT2D eigenvalue weighted by molar-refractivity contribution is 7.92. The van der Waals surface area contributed by atoms with Gasteiger partial charge in [-0.1, -0.05) is 18.5 Å². The summed E-state index contributed by atoms with van der Waals surface area (Å²) >= 11 is 5.69. The predicted molar refractivity (Wildman–Crippen MR) is 64.7 cm³/mol. The van der Waals surface area contributed by atoms with Crippen LogP contribution in [0, 0.1) is 0 Å². The zero-order chi connectivity index (χ0) is 12.3. The van der Waals surface area contributed by atoms with E-state index >= 15 is 0 Å². The van der Waals surface area contributed by atoms with Gasteiger partial charge in [-0.25, -0.2) is 8.42 Å². The molecule has 5 heteroatoms. The number of carbonyl (C=O) groups is 1. The lowest BCUT2D eigenvalue weighted by Crippen LogP contribution is -2.28. The number of ketones is 1. The van der Waals surface area contributed by atoms with E-state index in [1.165, 1.54) is 0 Å². The van der Waals surface area contributed by atoms with Gasteiger partial charge < -0.3 is 0 Å². The molecule has 0 aliphatic heterocycles. The van der Waals surface area contributed by atoms with Crippen LogP contribution in [0.25, 0.3) is 0 Å². The summed E-state index contributed by atoms with van der Waals surface area (Å²) in [4.78, 5) is 11.9. The fourth-order valence-corrected chi connectivity index (χ4v) is 2.74. The molecule has 1 aromatic carbocycles. The second-order valence-electron chi connectivity index (χ2n) is 3.60. The van der Waals surface area contributed by atoms with Crippen molar-refractivity contribution in [2.45, 2.75) is 18.6 Å². The van der Waals surface area contributed by atoms with Crippen molar-refractivity contribution >= 4 is 27.2 Å². The van der Waals surface area contributed by atoms with E-state index in [1.54, 1.807) is 31.2 Å². The molecule has 0 saturated heterocycles. The molecule has 0 bridgehead atoms. The van der Waals surface area contributed by atoms with Gasteiger partial charge in [0.25, 0.3) is 0 Å². The van der Waals surface area contributed by atoms with Gasteiger partial charge >= 0.3 is 0 Å². The van der Waals surface area contributed by atoms with Crippen LogP contribution in [0.5, 0.6) is 0 Å². The predicted octanol–water partition coefficient (Wildman–Crippen LogP) is 2.35. The second-order valence-corrected chi connectivity index (χ2v) is 6.26. The first-order chi connectivity index (χ1) is 7.36. The van der Waals surface area contributed by atoms with Crippen LogP contribution in [-0.4, -0.2) is 25.7 Å². The smallest absolute Gasteiger partial charge is 0.180 e. The van der Waals surface area contributed by atoms with Gasteiger partial charge in [-0.15, -0.1) is 0 Å². The molecule has 1 aromatic rings. The van der Waals surface area contributed by atoms with Gasteiger partial charge in [-0.2, -0.15) is 0 Å². The SMILES string of the molecule is CCC(C(=O)c1ccc(Cl)cc1)S(C)(=O)=O. The molecule has 0 aliphatic carbocycles. The van der Waals surface area contributed by atoms with Gasteiger partial charge in [0.05, 0.1) is 0 Å². The van der Waals surface area contributed by atoms with Crippen LogP contribution in [0.3, 0.4) is 0 Å². The lowest BCUT2D eigenvalue weighted by molar-refractivity contribution is 0.0985. The lowest BCUT2D eigenvalue weighted by Gasteiger charge is -2.11. The van der Waals surface area contributed by atoms with E-state index < -0.39 is 15.1 Å². The fraction of sp³-hybridized carbons (Fsp3) is 0.364. The van der Waals surface area contributed by atoms with Crippen LogP contribution < -0.4 is 0 Å². The minimum atomic E-state index is -3.36. The minimum absolute atomic E-state index is 0.278. The molecule has 1 atom stereocenters. The Morgan fingerprint density at radius 2 is 1.81 bits per heavy atom. The average Bonchev–Trinajstić information content (AvgIpc) is 2.17. The van der Waals surface area contributed by atoms with Crippen molar-refractivity contribution in [3.8, 4) is 0 Å². The Morgan fingerprint density at radius 1 is 1.31 bits per heavy atom. The molecule has 1 rings (SSSR count). The van der Waals surface area contributed by atoms with Crippen LogP contribution in [-0.2, 0) is 9.84 Å². The summed E-state index contributed by atoms with van der Waals surface area (Å²) in [6.45, 7) is 1.68. The summed E-state index contributed by atoms with van der Waals surface area (Å²) in [5.41, 5.74) is 0.377. The van der Waals surface area contributed by atoms with Gasteiger partial charge in [0.1, 0.15) is 5.25 Å². The number of carbonyl (C=O) groups excluding carboxylic acids is 1. The van der Waals surface area contributed by atoms with Gasteiger partial charge in [0, 0.05) is 16.8 Å². The van der Waals surface area contributed by atoms with E-state index in [-0.39, 0.29) is 12.2 Å². The summed E-state index contributed by atoms with van der Waals surface area (Å²) < 4.78 is 22.8. The molecule has 1 unspecified atom stereocenters. The minimum Gasteiger partial charge on any atom is -0.293 e. The Hall–Kier alpha value is -0.870. The normalized spacial score (nSPS) is 13.4. The number of rotatable bonds is 4. The number of hydrogen-bond acceptors (Lipinski definition) is 3. The number of halogens is 1. The molecular weight excluding hydrogens is 248 g/mol. The van der Waals surface area contributed by atoms with Gasteiger partial charge in [0.2, 0.25) is 0 Å². The number of sulfone groups is 1. The summed E-state index contributed by atoms with van der Waals surface area (Å²) in [6, 6.07) is 6.23. The highest BCUT2D eigenvalue weighted by atomic mass is 35.5. The summed E-state index contributed by atoms with van der Waals surface area (Å²) in [6.07, 6.45) is 1.36. The van der Waals surface area contributed by atoms with E-state index in [0.29, 0.717) is 10.6 Å². The zero-order valence-electron chi connectivity index (χ0n) is 9.10. The van der Waals surface area contributed by atoms with Crippen molar-refractivity contribution in [2.24, 2.45) is 0 Å². The number of benzene rings is 1. The van der Waals surface area contributed by atoms with Crippen molar-refractivity contribution in [3.05, 3.63) is 34.9 Å². The highest BCUT2D eigenvalue weighted by Gasteiger charge is 2.27. The molecule has 0 heterocycles. The molecule has 88 valence electrons. The van der Waals surface area contributed by atoms with Crippen LogP contribution in [0.2, 0.25) is 5.02 Å². The van der Waals surface area contributed by atoms with E-state index in [2.05, 4.69) is 0 Å². The maximum atomic E-state index is 11.9. The van der Waals surface area contributed by atoms with Crippen molar-refractivity contribution in [1.82, 2.24) is 0 Å². The van der Waals surface area contributed by atoms with Crippen molar-refractivity contribution in [1.29, 1.82) is 0 Å². The van der Waals surface area contributed by atoms with Gasteiger partial charge in [-0.05, 0) is 30.7 Å². The van der Waals surface area contributed by atoms with E-state index in [4.69, 9.17) is 11.6 Å². The van der Waals surface area contributed by atoms with E-state index in [1.807, 2.05) is 0 Å². The second kappa shape index (κ2) is 4.97. The Kier molecular flexibility index (Phi) is 4.10. The monoisotopic (exact) mass is 260 g/mol. The molecule has 0 spiro atoms. The van der Waals surface area contributed by atoms with E-state index in [9.17, 15) is 13.2 Å². The molecule has 0 aromatic heterocycles. The molecule has 16 heavy (non-hydrogen) atoms. The van der Waals surface area contributed by atoms with Crippen LogP contribution >= 0.6 is 11.6 Å². The maximum Gasteiger partial charge on any atom is 0.180 e. The Labute approximate surface area is 100 Å². The lowest BCUT2D eigenvalue weighted by atomic mass is 10.1. The molecule has 0 fully saturated rings. The van der Waals surface area contributed by atoms with Crippen LogP contribution in [0.4, 0.5) is 0 Å². The molecule has 0 N–H and O–H groups in total. The van der Waals surface area contributed by atoms with Gasteiger partial charge in [0.15, 0.2) is 15.6 Å². The first-order valence-electron chi connectivity index (χ1n) is 4.85. The van der Waals surface area contributed by atoms with Crippen LogP contribution in [0.15, 0.2) is 24.3 Å². The molecule has 0 aliphatic rings. The van der Waals surface area contributed by atoms with Crippen LogP contribution in [0.1, 0.15) is 23.7 Å². The topological polar surface area (TPSA) is 51.2 Å². The third-order valence-electron chi connectivity index (χ3n) is 2.31. The van der Waals surface area contributed by atoms with Gasteiger partial charge in [-0.3, -0.25) is 4.79 Å². The Bertz CT molecular complexity index is 476. The maximum absolute atomic E-state index is 11.9. The summed E-state index contributed by atoms with van der Waals surface area (Å²) in [7, 11) is -3.36. The highest BCUT2D eigenvalue weighted by Crippen LogP contribution is 2.15. The summed E-state index contributed by atoms with van der Waals surface area (Å²) in [5, 5.41) is -0.447. The molecule has 0 amide bonds. The third kappa shape index (κ3) is 3.06. The average molecular weight is 261 g/mol. The largest absolute Gasteiger partial charge is 0.293 e. The fourth-order valence-electron chi connectivity index (χ4n) is 1.48. The zero-order valence-corrected chi connectivity index (χ0v) is 10.7. The molecule has 0 saturated carbocycles. The molecule has 0 radical (unpaired) electrons. The van der Waals surface area contributed by atoms with Crippen molar-refractivity contribution in [3.63, 3.8) is 0 Å². The third-order valence-corrected chi connectivity index (χ3v) is 4.14. The quantitative estimate of drug-likeness (QED) is 0.781. The Morgan fingerprint density at radius 3 is 2.19 bits per heavy atom. The van der Waals surface area contributed by atoms with Crippen molar-refractivity contribution < 1.29 is 13.2 Å². The number of Topliss-reactive ketones (excluding diaryl/α,β-unsaturated/α-hetero) is 1. The standard InChI is InChI=1S/C11H13ClO3S/c1-3-10(16(2,14)15)11(13)8-4-6-9(12)7-5-8/h4-7,10H,3H2,1-2H3. The first kappa shape index (κ1) is 13.2. The molecule has 3 nitrogen and oxygen atoms in total.